The topological polar surface area (TPSA) is 30.8 Å². The van der Waals surface area contributed by atoms with Crippen LogP contribution in [0.1, 0.15) is 0 Å². The first-order valence-electron chi connectivity index (χ1n) is 1.94. The van der Waals surface area contributed by atoms with Crippen LogP contribution in [0.3, 0.4) is 0 Å². The van der Waals surface area contributed by atoms with Crippen molar-refractivity contribution in [1.82, 2.24) is 0 Å². The third kappa shape index (κ3) is 1.26. The van der Waals surface area contributed by atoms with E-state index in [4.69, 9.17) is 4.74 Å². The van der Waals surface area contributed by atoms with Gasteiger partial charge in [0.15, 0.2) is 0 Å². The van der Waals surface area contributed by atoms with Crippen molar-refractivity contribution in [3.05, 3.63) is 12.3 Å². The van der Waals surface area contributed by atoms with Crippen molar-refractivity contribution in [3.8, 4) is 0 Å². The van der Waals surface area contributed by atoms with Crippen molar-refractivity contribution in [1.29, 1.82) is 0 Å². The molecule has 1 heterocycles. The van der Waals surface area contributed by atoms with Crippen LogP contribution >= 0.6 is 0 Å². The van der Waals surface area contributed by atoms with Gasteiger partial charge in [-0.3, -0.25) is 0 Å². The predicted molar refractivity (Wildman–Crippen MR) is 24.7 cm³/mol. The number of hydrogen-bond donors (Lipinski definition) is 0. The minimum atomic E-state index is 0.545. The van der Waals surface area contributed by atoms with Gasteiger partial charge in [-0.2, -0.15) is 0 Å². The highest BCUT2D eigenvalue weighted by Gasteiger charge is 1.79. The van der Waals surface area contributed by atoms with Crippen molar-refractivity contribution in [2.45, 2.75) is 0 Å². The van der Waals surface area contributed by atoms with Gasteiger partial charge in [0.2, 0.25) is 6.40 Å². The first kappa shape index (κ1) is 4.18. The van der Waals surface area contributed by atoms with Crippen LogP contribution in [0.2, 0.25) is 0 Å². The molecule has 0 amide bonds. The Hall–Kier alpha value is -0.990. The highest BCUT2D eigenvalue weighted by molar-refractivity contribution is 5.45. The molecule has 38 valence electrons. The van der Waals surface area contributed by atoms with E-state index in [1.54, 1.807) is 6.08 Å². The van der Waals surface area contributed by atoms with Gasteiger partial charge < -0.3 is 9.57 Å². The molecule has 1 rings (SSSR count). The zero-order valence-corrected chi connectivity index (χ0v) is 3.70. The summed E-state index contributed by atoms with van der Waals surface area (Å²) in [6.07, 6.45) is 4.47. The Morgan fingerprint density at radius 3 is 3.57 bits per heavy atom. The Morgan fingerprint density at radius 2 is 2.57 bits per heavy atom. The molecule has 0 saturated carbocycles. The predicted octanol–water partition coefficient (Wildman–Crippen LogP) is 0.490. The molecule has 0 atom stereocenters. The average molecular weight is 99.1 g/mol. The number of ether oxygens (including phenoxy) is 1. The van der Waals surface area contributed by atoms with Crippen molar-refractivity contribution >= 4 is 6.40 Å². The van der Waals surface area contributed by atoms with Crippen molar-refractivity contribution in [3.63, 3.8) is 0 Å². The quantitative estimate of drug-likeness (QED) is 0.442. The Balaban J connectivity index is 2.38. The zero-order chi connectivity index (χ0) is 4.95. The third-order valence-corrected chi connectivity index (χ3v) is 0.528. The summed E-state index contributed by atoms with van der Waals surface area (Å²) in [6.45, 7) is 0.545. The van der Waals surface area contributed by atoms with Gasteiger partial charge in [-0.1, -0.05) is 5.16 Å². The Bertz CT molecular complexity index is 85.9. The lowest BCUT2D eigenvalue weighted by molar-refractivity contribution is 0.263. The van der Waals surface area contributed by atoms with Crippen molar-refractivity contribution in [2.24, 2.45) is 5.16 Å². The maximum absolute atomic E-state index is 4.69. The molecule has 0 unspecified atom stereocenters. The summed E-state index contributed by atoms with van der Waals surface area (Å²) >= 11 is 0. The van der Waals surface area contributed by atoms with E-state index >= 15 is 0 Å². The maximum atomic E-state index is 4.69. The number of rotatable bonds is 0. The summed E-state index contributed by atoms with van der Waals surface area (Å²) in [4.78, 5) is 4.46. The third-order valence-electron chi connectivity index (χ3n) is 0.528. The van der Waals surface area contributed by atoms with E-state index in [9.17, 15) is 0 Å². The highest BCUT2D eigenvalue weighted by Crippen LogP contribution is 1.83. The lowest BCUT2D eigenvalue weighted by Crippen LogP contribution is -1.82. The highest BCUT2D eigenvalue weighted by atomic mass is 16.6. The van der Waals surface area contributed by atoms with Gasteiger partial charge in [0.25, 0.3) is 0 Å². The molecule has 0 bridgehead atoms. The molecule has 7 heavy (non-hydrogen) atoms. The monoisotopic (exact) mass is 99.0 g/mol. The molecule has 1 aliphatic rings. The summed E-state index contributed by atoms with van der Waals surface area (Å²) in [5, 5.41) is 3.34. The van der Waals surface area contributed by atoms with Gasteiger partial charge in [0, 0.05) is 0 Å². The van der Waals surface area contributed by atoms with E-state index in [0.29, 0.717) is 6.61 Å². The molecule has 0 aromatic carbocycles. The van der Waals surface area contributed by atoms with Gasteiger partial charge in [0.1, 0.15) is 12.9 Å². The molecule has 0 spiro atoms. The van der Waals surface area contributed by atoms with Crippen LogP contribution in [-0.2, 0) is 9.57 Å². The van der Waals surface area contributed by atoms with Crippen molar-refractivity contribution < 1.29 is 9.57 Å². The fourth-order valence-corrected chi connectivity index (χ4v) is 0.271. The lowest BCUT2D eigenvalue weighted by atomic mass is 10.7. The molecular formula is C4H5NO2. The summed E-state index contributed by atoms with van der Waals surface area (Å²) in [7, 11) is 0. The van der Waals surface area contributed by atoms with E-state index < -0.39 is 0 Å². The average Bonchev–Trinajstić information content (AvgIpc) is 1.90. The SMILES string of the molecule is C1=CON=COC1. The lowest BCUT2D eigenvalue weighted by Gasteiger charge is -1.83. The molecule has 0 aromatic heterocycles. The largest absolute Gasteiger partial charge is 0.476 e. The van der Waals surface area contributed by atoms with Crippen LogP contribution in [0.4, 0.5) is 0 Å². The smallest absolute Gasteiger partial charge is 0.213 e. The molecule has 0 N–H and O–H groups in total. The van der Waals surface area contributed by atoms with E-state index in [1.807, 2.05) is 0 Å². The standard InChI is InChI=1S/C4H5NO2/c1-2-6-4-5-7-3-1/h1,3-4H,2H2. The fourth-order valence-electron chi connectivity index (χ4n) is 0.271. The second kappa shape index (κ2) is 2.23. The maximum Gasteiger partial charge on any atom is 0.213 e. The zero-order valence-electron chi connectivity index (χ0n) is 3.70. The summed E-state index contributed by atoms with van der Waals surface area (Å²) in [5.74, 6) is 0. The van der Waals surface area contributed by atoms with Gasteiger partial charge >= 0.3 is 0 Å². The van der Waals surface area contributed by atoms with Crippen LogP contribution in [0, 0.1) is 0 Å². The normalized spacial score (nSPS) is 17.1. The molecule has 1 aliphatic heterocycles. The van der Waals surface area contributed by atoms with Gasteiger partial charge in [0.05, 0.1) is 0 Å². The van der Waals surface area contributed by atoms with E-state index in [2.05, 4.69) is 9.99 Å². The van der Waals surface area contributed by atoms with Gasteiger partial charge in [-0.25, -0.2) is 0 Å². The Kier molecular flexibility index (Phi) is 1.33. The second-order valence-corrected chi connectivity index (χ2v) is 1.02. The minimum Gasteiger partial charge on any atom is -0.476 e. The molecule has 0 aliphatic carbocycles. The number of hydrogen-bond acceptors (Lipinski definition) is 3. The molecule has 0 aromatic rings. The summed E-state index contributed by atoms with van der Waals surface area (Å²) in [6, 6.07) is 0. The van der Waals surface area contributed by atoms with Crippen LogP contribution < -0.4 is 0 Å². The first-order chi connectivity index (χ1) is 3.50. The first-order valence-corrected chi connectivity index (χ1v) is 1.94. The summed E-state index contributed by atoms with van der Waals surface area (Å²) < 4.78 is 4.69. The van der Waals surface area contributed by atoms with Crippen LogP contribution in [0.15, 0.2) is 17.5 Å². The molecular weight excluding hydrogens is 94.0 g/mol. The fraction of sp³-hybridized carbons (Fsp3) is 0.250. The second-order valence-electron chi connectivity index (χ2n) is 1.02. The molecule has 0 fully saturated rings. The Morgan fingerprint density at radius 1 is 1.57 bits per heavy atom. The van der Waals surface area contributed by atoms with E-state index in [-0.39, 0.29) is 0 Å². The molecule has 3 nitrogen and oxygen atoms in total. The summed E-state index contributed by atoms with van der Waals surface area (Å²) in [5.41, 5.74) is 0. The molecule has 0 radical (unpaired) electrons. The van der Waals surface area contributed by atoms with Gasteiger partial charge in [-0.05, 0) is 6.08 Å². The minimum absolute atomic E-state index is 0.545. The Labute approximate surface area is 41.2 Å². The van der Waals surface area contributed by atoms with Crippen LogP contribution in [-0.4, -0.2) is 13.0 Å². The van der Waals surface area contributed by atoms with E-state index in [0.717, 1.165) is 0 Å². The number of oxime groups is 1. The van der Waals surface area contributed by atoms with Crippen LogP contribution in [0.5, 0.6) is 0 Å². The molecule has 0 saturated heterocycles. The molecule has 3 heteroatoms. The van der Waals surface area contributed by atoms with Crippen molar-refractivity contribution in [2.75, 3.05) is 6.61 Å². The van der Waals surface area contributed by atoms with E-state index in [1.165, 1.54) is 12.7 Å². The number of nitrogens with zero attached hydrogens (tertiary/aromatic N) is 1. The van der Waals surface area contributed by atoms with Crippen LogP contribution in [0.25, 0.3) is 0 Å². The van der Waals surface area contributed by atoms with Gasteiger partial charge in [-0.15, -0.1) is 0 Å².